The third kappa shape index (κ3) is 2.78. The Morgan fingerprint density at radius 1 is 1.22 bits per heavy atom. The van der Waals surface area contributed by atoms with Crippen molar-refractivity contribution in [2.45, 2.75) is 44.2 Å². The molecule has 1 saturated carbocycles. The number of nitrogens with zero attached hydrogens (tertiary/aromatic N) is 2. The normalized spacial score (nSPS) is 26.6. The highest BCUT2D eigenvalue weighted by molar-refractivity contribution is 5.97. The van der Waals surface area contributed by atoms with Crippen LogP contribution in [0.25, 0.3) is 0 Å². The van der Waals surface area contributed by atoms with Crippen LogP contribution in [-0.2, 0) is 4.79 Å². The largest absolute Gasteiger partial charge is 0.480 e. The molecular weight excluding hydrogens is 298 g/mol. The van der Waals surface area contributed by atoms with Gasteiger partial charge in [-0.15, -0.1) is 0 Å². The average Bonchev–Trinajstić information content (AvgIpc) is 2.94. The van der Waals surface area contributed by atoms with Crippen LogP contribution in [-0.4, -0.2) is 44.9 Å². The molecule has 1 aromatic rings. The van der Waals surface area contributed by atoms with Gasteiger partial charge in [-0.1, -0.05) is 12.8 Å². The number of carbonyl (C=O) groups is 3. The van der Waals surface area contributed by atoms with E-state index in [0.29, 0.717) is 6.42 Å². The Balaban J connectivity index is 1.88. The van der Waals surface area contributed by atoms with E-state index in [0.717, 1.165) is 25.7 Å². The molecule has 0 spiro atoms. The number of nitrogens with two attached hydrogens (primary N) is 1. The zero-order chi connectivity index (χ0) is 16.6. The number of aliphatic carboxylic acids is 1. The smallest absolute Gasteiger partial charge is 0.326 e. The lowest BCUT2D eigenvalue weighted by molar-refractivity contribution is -0.141. The number of primary amides is 1. The third-order valence-corrected chi connectivity index (χ3v) is 4.87. The molecule has 3 N–H and O–H groups in total. The van der Waals surface area contributed by atoms with Gasteiger partial charge in [0.05, 0.1) is 5.56 Å². The molecule has 0 unspecified atom stereocenters. The van der Waals surface area contributed by atoms with Crippen LogP contribution < -0.4 is 5.73 Å². The molecule has 3 rings (SSSR count). The number of pyridine rings is 1. The van der Waals surface area contributed by atoms with Gasteiger partial charge in [-0.2, -0.15) is 0 Å². The highest BCUT2D eigenvalue weighted by Gasteiger charge is 2.47. The second-order valence-electron chi connectivity index (χ2n) is 6.21. The minimum absolute atomic E-state index is 0.0324. The highest BCUT2D eigenvalue weighted by atomic mass is 16.4. The minimum atomic E-state index is -0.971. The predicted molar refractivity (Wildman–Crippen MR) is 80.7 cm³/mol. The van der Waals surface area contributed by atoms with Crippen molar-refractivity contribution in [1.29, 1.82) is 0 Å². The molecule has 1 aromatic heterocycles. The van der Waals surface area contributed by atoms with Crippen molar-refractivity contribution in [2.24, 2.45) is 11.7 Å². The summed E-state index contributed by atoms with van der Waals surface area (Å²) in [7, 11) is 0. The lowest BCUT2D eigenvalue weighted by Gasteiger charge is -2.32. The van der Waals surface area contributed by atoms with Crippen LogP contribution >= 0.6 is 0 Å². The predicted octanol–water partition coefficient (Wildman–Crippen LogP) is 1.04. The van der Waals surface area contributed by atoms with Crippen LogP contribution in [0.15, 0.2) is 18.3 Å². The fraction of sp³-hybridized carbons (Fsp3) is 0.500. The van der Waals surface area contributed by atoms with Crippen molar-refractivity contribution >= 4 is 17.8 Å². The molecule has 2 heterocycles. The van der Waals surface area contributed by atoms with Crippen molar-refractivity contribution in [3.05, 3.63) is 29.6 Å². The van der Waals surface area contributed by atoms with E-state index >= 15 is 0 Å². The maximum absolute atomic E-state index is 12.8. The molecule has 2 aliphatic rings. The van der Waals surface area contributed by atoms with Crippen LogP contribution in [0.4, 0.5) is 0 Å². The first kappa shape index (κ1) is 15.5. The average molecular weight is 317 g/mol. The van der Waals surface area contributed by atoms with Gasteiger partial charge in [0.15, 0.2) is 0 Å². The Bertz CT molecular complexity index is 643. The second-order valence-corrected chi connectivity index (χ2v) is 6.21. The molecular formula is C16H19N3O4. The zero-order valence-corrected chi connectivity index (χ0v) is 12.6. The number of amides is 2. The summed E-state index contributed by atoms with van der Waals surface area (Å²) in [5.41, 5.74) is 5.52. The monoisotopic (exact) mass is 317 g/mol. The van der Waals surface area contributed by atoms with Gasteiger partial charge in [0.1, 0.15) is 11.7 Å². The van der Waals surface area contributed by atoms with E-state index in [1.807, 2.05) is 0 Å². The quantitative estimate of drug-likeness (QED) is 0.864. The maximum atomic E-state index is 12.8. The Morgan fingerprint density at radius 2 is 1.96 bits per heavy atom. The van der Waals surface area contributed by atoms with Crippen LogP contribution in [0.3, 0.4) is 0 Å². The molecule has 1 aliphatic heterocycles. The summed E-state index contributed by atoms with van der Waals surface area (Å²) >= 11 is 0. The molecule has 1 aliphatic carbocycles. The lowest BCUT2D eigenvalue weighted by Crippen LogP contribution is -2.46. The first-order valence-corrected chi connectivity index (χ1v) is 7.80. The maximum Gasteiger partial charge on any atom is 0.326 e. The number of fused-ring (bicyclic) bond motifs is 1. The van der Waals surface area contributed by atoms with E-state index in [9.17, 15) is 19.5 Å². The van der Waals surface area contributed by atoms with E-state index in [4.69, 9.17) is 5.73 Å². The Hall–Kier alpha value is -2.44. The Labute approximate surface area is 133 Å². The van der Waals surface area contributed by atoms with Crippen molar-refractivity contribution in [3.8, 4) is 0 Å². The molecule has 0 bridgehead atoms. The number of carboxylic acid groups (broad SMARTS) is 1. The number of rotatable bonds is 3. The van der Waals surface area contributed by atoms with Gasteiger partial charge in [-0.25, -0.2) is 4.79 Å². The molecule has 7 nitrogen and oxygen atoms in total. The van der Waals surface area contributed by atoms with Gasteiger partial charge in [0.25, 0.3) is 5.91 Å². The summed E-state index contributed by atoms with van der Waals surface area (Å²) in [4.78, 5) is 40.9. The first-order chi connectivity index (χ1) is 11.0. The zero-order valence-electron chi connectivity index (χ0n) is 12.6. The summed E-state index contributed by atoms with van der Waals surface area (Å²) < 4.78 is 0. The molecule has 2 amide bonds. The number of hydrogen-bond acceptors (Lipinski definition) is 4. The van der Waals surface area contributed by atoms with Crippen molar-refractivity contribution in [1.82, 2.24) is 9.88 Å². The SMILES string of the molecule is NC(=O)c1ccc(C(=O)N2[C@@H]3CCCC[C@H]3C[C@H]2C(=O)O)nc1. The van der Waals surface area contributed by atoms with Crippen LogP contribution in [0.1, 0.15) is 53.0 Å². The van der Waals surface area contributed by atoms with Crippen molar-refractivity contribution < 1.29 is 19.5 Å². The number of likely N-dealkylation sites (tertiary alicyclic amines) is 1. The fourth-order valence-corrected chi connectivity index (χ4v) is 3.77. The van der Waals surface area contributed by atoms with Crippen molar-refractivity contribution in [3.63, 3.8) is 0 Å². The molecule has 122 valence electrons. The number of aromatic nitrogens is 1. The third-order valence-electron chi connectivity index (χ3n) is 4.87. The van der Waals surface area contributed by atoms with E-state index in [2.05, 4.69) is 4.98 Å². The summed E-state index contributed by atoms with van der Waals surface area (Å²) in [6.07, 6.45) is 5.64. The van der Waals surface area contributed by atoms with Gasteiger partial charge in [0.2, 0.25) is 5.91 Å². The summed E-state index contributed by atoms with van der Waals surface area (Å²) in [5, 5.41) is 9.47. The Kier molecular flexibility index (Phi) is 4.02. The molecule has 7 heteroatoms. The van der Waals surface area contributed by atoms with E-state index in [-0.39, 0.29) is 29.1 Å². The fourth-order valence-electron chi connectivity index (χ4n) is 3.77. The van der Waals surface area contributed by atoms with E-state index in [1.165, 1.54) is 23.2 Å². The molecule has 0 radical (unpaired) electrons. The number of hydrogen-bond donors (Lipinski definition) is 2. The van der Waals surface area contributed by atoms with Gasteiger partial charge in [-0.3, -0.25) is 14.6 Å². The molecule has 2 fully saturated rings. The van der Waals surface area contributed by atoms with Crippen LogP contribution in [0, 0.1) is 5.92 Å². The first-order valence-electron chi connectivity index (χ1n) is 7.80. The number of carboxylic acids is 1. The van der Waals surface area contributed by atoms with Crippen LogP contribution in [0.5, 0.6) is 0 Å². The second kappa shape index (κ2) is 5.98. The van der Waals surface area contributed by atoms with E-state index in [1.54, 1.807) is 0 Å². The molecule has 3 atom stereocenters. The summed E-state index contributed by atoms with van der Waals surface area (Å²) in [6.45, 7) is 0. The topological polar surface area (TPSA) is 114 Å². The van der Waals surface area contributed by atoms with Gasteiger partial charge >= 0.3 is 5.97 Å². The standard InChI is InChI=1S/C16H19N3O4/c17-14(20)10-5-6-11(18-8-10)15(21)19-12-4-2-1-3-9(12)7-13(19)16(22)23/h5-6,8-9,12-13H,1-4,7H2,(H2,17,20)(H,22,23)/t9-,12+,13-/m0/s1. The molecule has 1 saturated heterocycles. The summed E-state index contributed by atoms with van der Waals surface area (Å²) in [5.74, 6) is -1.73. The van der Waals surface area contributed by atoms with Gasteiger partial charge in [0, 0.05) is 12.2 Å². The minimum Gasteiger partial charge on any atom is -0.480 e. The summed E-state index contributed by atoms with van der Waals surface area (Å²) in [6, 6.07) is 2.03. The Morgan fingerprint density at radius 3 is 2.57 bits per heavy atom. The lowest BCUT2D eigenvalue weighted by atomic mass is 9.84. The van der Waals surface area contributed by atoms with E-state index < -0.39 is 17.9 Å². The van der Waals surface area contributed by atoms with Gasteiger partial charge < -0.3 is 15.7 Å². The molecule has 23 heavy (non-hydrogen) atoms. The van der Waals surface area contributed by atoms with Gasteiger partial charge in [-0.05, 0) is 37.3 Å². The molecule has 0 aromatic carbocycles. The number of carbonyl (C=O) groups excluding carboxylic acids is 2. The van der Waals surface area contributed by atoms with Crippen molar-refractivity contribution in [2.75, 3.05) is 0 Å². The van der Waals surface area contributed by atoms with Crippen LogP contribution in [0.2, 0.25) is 0 Å². The highest BCUT2D eigenvalue weighted by Crippen LogP contribution is 2.40.